The summed E-state index contributed by atoms with van der Waals surface area (Å²) in [6.07, 6.45) is 0.631. The Morgan fingerprint density at radius 2 is 1.63 bits per heavy atom. The van der Waals surface area contributed by atoms with Crippen LogP contribution in [0.1, 0.15) is 25.3 Å². The first-order valence-corrected chi connectivity index (χ1v) is 15.4. The largest absolute Gasteiger partial charge is 0.494 e. The van der Waals surface area contributed by atoms with Crippen LogP contribution in [0.2, 0.25) is 0 Å². The highest BCUT2D eigenvalue weighted by molar-refractivity contribution is 7.89. The van der Waals surface area contributed by atoms with Gasteiger partial charge in [0.2, 0.25) is 15.9 Å². The topological polar surface area (TPSA) is 105 Å². The molecule has 0 radical (unpaired) electrons. The van der Waals surface area contributed by atoms with E-state index in [1.54, 1.807) is 41.3 Å². The van der Waals surface area contributed by atoms with Gasteiger partial charge in [-0.1, -0.05) is 42.5 Å². The maximum absolute atomic E-state index is 13.8. The summed E-state index contributed by atoms with van der Waals surface area (Å²) in [5.41, 5.74) is 1.74. The molecule has 41 heavy (non-hydrogen) atoms. The Bertz CT molecular complexity index is 1450. The summed E-state index contributed by atoms with van der Waals surface area (Å²) in [5.74, 6) is 0.329. The normalized spacial score (nSPS) is 17.8. The molecule has 0 aliphatic carbocycles. The summed E-state index contributed by atoms with van der Waals surface area (Å²) >= 11 is 0. The van der Waals surface area contributed by atoms with Crippen LogP contribution in [0.5, 0.6) is 11.5 Å². The lowest BCUT2D eigenvalue weighted by molar-refractivity contribution is -0.129. The van der Waals surface area contributed by atoms with Crippen molar-refractivity contribution < 1.29 is 27.5 Å². The van der Waals surface area contributed by atoms with E-state index >= 15 is 0 Å². The first kappa shape index (κ1) is 28.6. The van der Waals surface area contributed by atoms with E-state index in [0.29, 0.717) is 49.6 Å². The Morgan fingerprint density at radius 1 is 0.951 bits per heavy atom. The van der Waals surface area contributed by atoms with E-state index in [0.717, 1.165) is 5.56 Å². The van der Waals surface area contributed by atoms with Crippen LogP contribution in [0.25, 0.3) is 0 Å². The van der Waals surface area contributed by atoms with E-state index in [2.05, 4.69) is 5.32 Å². The van der Waals surface area contributed by atoms with Crippen molar-refractivity contribution in [3.63, 3.8) is 0 Å². The lowest BCUT2D eigenvalue weighted by Gasteiger charge is -2.38. The number of hydrogen-bond acceptors (Lipinski definition) is 6. The molecule has 1 atom stereocenters. The Hall–Kier alpha value is -3.89. The smallest absolute Gasteiger partial charge is 0.262 e. The van der Waals surface area contributed by atoms with Crippen molar-refractivity contribution in [1.82, 2.24) is 9.62 Å². The minimum Gasteiger partial charge on any atom is -0.494 e. The van der Waals surface area contributed by atoms with Gasteiger partial charge in [-0.2, -0.15) is 4.31 Å². The number of benzene rings is 3. The molecule has 0 bridgehead atoms. The summed E-state index contributed by atoms with van der Waals surface area (Å²) in [7, 11) is -3.69. The van der Waals surface area contributed by atoms with E-state index in [1.165, 1.54) is 4.31 Å². The van der Waals surface area contributed by atoms with Gasteiger partial charge in [0.1, 0.15) is 11.5 Å². The molecule has 0 saturated carbocycles. The van der Waals surface area contributed by atoms with E-state index < -0.39 is 16.1 Å². The Kier molecular flexibility index (Phi) is 8.90. The zero-order valence-electron chi connectivity index (χ0n) is 23.1. The zero-order chi connectivity index (χ0) is 28.8. The number of nitrogens with one attached hydrogen (secondary N) is 1. The number of amides is 2. The zero-order valence-corrected chi connectivity index (χ0v) is 23.9. The van der Waals surface area contributed by atoms with Crippen molar-refractivity contribution in [3.8, 4) is 11.5 Å². The fraction of sp³-hybridized carbons (Fsp3) is 0.355. The van der Waals surface area contributed by atoms with E-state index in [1.807, 2.05) is 49.4 Å². The van der Waals surface area contributed by atoms with Crippen LogP contribution in [0.4, 0.5) is 5.69 Å². The average Bonchev–Trinajstić information content (AvgIpc) is 3.01. The SMILES string of the molecule is CCOc1ccc(S(=O)(=O)N2CCC(C(=O)N3CC(C(=O)NCCc4ccccc4)Oc4ccccc43)CC2)cc1. The lowest BCUT2D eigenvalue weighted by Crippen LogP contribution is -2.53. The molecule has 2 amide bonds. The van der Waals surface area contributed by atoms with Crippen LogP contribution >= 0.6 is 0 Å². The number of hydrogen-bond donors (Lipinski definition) is 1. The van der Waals surface area contributed by atoms with Gasteiger partial charge in [0, 0.05) is 25.6 Å². The third-order valence-electron chi connectivity index (χ3n) is 7.46. The van der Waals surface area contributed by atoms with Crippen molar-refractivity contribution in [2.45, 2.75) is 37.2 Å². The highest BCUT2D eigenvalue weighted by Crippen LogP contribution is 2.36. The number of fused-ring (bicyclic) bond motifs is 1. The van der Waals surface area contributed by atoms with Crippen LogP contribution in [-0.2, 0) is 26.0 Å². The monoisotopic (exact) mass is 577 g/mol. The second kappa shape index (κ2) is 12.7. The van der Waals surface area contributed by atoms with Crippen LogP contribution < -0.4 is 19.7 Å². The maximum Gasteiger partial charge on any atom is 0.262 e. The van der Waals surface area contributed by atoms with Gasteiger partial charge >= 0.3 is 0 Å². The molecule has 10 heteroatoms. The van der Waals surface area contributed by atoms with Gasteiger partial charge in [-0.05, 0) is 68.1 Å². The number of carbonyl (C=O) groups is 2. The van der Waals surface area contributed by atoms with Gasteiger partial charge in [0.25, 0.3) is 5.91 Å². The van der Waals surface area contributed by atoms with Gasteiger partial charge in [0.15, 0.2) is 6.10 Å². The number of anilines is 1. The van der Waals surface area contributed by atoms with Crippen LogP contribution in [-0.4, -0.2) is 63.4 Å². The van der Waals surface area contributed by atoms with E-state index in [4.69, 9.17) is 9.47 Å². The Labute approximate surface area is 241 Å². The molecule has 2 aliphatic heterocycles. The molecule has 1 N–H and O–H groups in total. The molecule has 1 unspecified atom stereocenters. The molecule has 2 aliphatic rings. The molecular weight excluding hydrogens is 542 g/mol. The number of piperidine rings is 1. The van der Waals surface area contributed by atoms with Crippen molar-refractivity contribution in [1.29, 1.82) is 0 Å². The number of sulfonamides is 1. The molecule has 0 spiro atoms. The van der Waals surface area contributed by atoms with Crippen LogP contribution in [0, 0.1) is 5.92 Å². The third-order valence-corrected chi connectivity index (χ3v) is 9.38. The predicted molar refractivity (Wildman–Crippen MR) is 155 cm³/mol. The summed E-state index contributed by atoms with van der Waals surface area (Å²) in [6, 6.07) is 23.5. The first-order chi connectivity index (χ1) is 19.9. The van der Waals surface area contributed by atoms with E-state index in [9.17, 15) is 18.0 Å². The molecule has 1 fully saturated rings. The fourth-order valence-corrected chi connectivity index (χ4v) is 6.72. The quantitative estimate of drug-likeness (QED) is 0.417. The standard InChI is InChI=1S/C31H35N3O6S/c1-2-39-25-12-14-26(15-13-25)41(37,38)33-20-17-24(18-21-33)31(36)34-22-29(40-28-11-7-6-10-27(28)34)30(35)32-19-16-23-8-4-3-5-9-23/h3-15,24,29H,2,16-22H2,1H3,(H,32,35). The Balaban J connectivity index is 1.22. The summed E-state index contributed by atoms with van der Waals surface area (Å²) in [6.45, 7) is 3.40. The molecule has 9 nitrogen and oxygen atoms in total. The molecule has 3 aromatic rings. The second-order valence-corrected chi connectivity index (χ2v) is 12.1. The van der Waals surface area contributed by atoms with Crippen LogP contribution in [0.3, 0.4) is 0 Å². The molecule has 5 rings (SSSR count). The fourth-order valence-electron chi connectivity index (χ4n) is 5.26. The summed E-state index contributed by atoms with van der Waals surface area (Å²) in [4.78, 5) is 28.6. The number of para-hydroxylation sites is 2. The number of nitrogens with zero attached hydrogens (tertiary/aromatic N) is 2. The van der Waals surface area contributed by atoms with Gasteiger partial charge in [-0.15, -0.1) is 0 Å². The highest BCUT2D eigenvalue weighted by atomic mass is 32.2. The first-order valence-electron chi connectivity index (χ1n) is 14.0. The predicted octanol–water partition coefficient (Wildman–Crippen LogP) is 3.64. The minimum atomic E-state index is -3.69. The highest BCUT2D eigenvalue weighted by Gasteiger charge is 2.39. The molecular formula is C31H35N3O6S. The number of rotatable bonds is 9. The molecule has 216 valence electrons. The number of ether oxygens (including phenoxy) is 2. The van der Waals surface area contributed by atoms with Crippen LogP contribution in [0.15, 0.2) is 83.8 Å². The lowest BCUT2D eigenvalue weighted by atomic mass is 9.95. The maximum atomic E-state index is 13.8. The van der Waals surface area contributed by atoms with E-state index in [-0.39, 0.29) is 42.3 Å². The van der Waals surface area contributed by atoms with Gasteiger partial charge in [-0.3, -0.25) is 9.59 Å². The summed E-state index contributed by atoms with van der Waals surface area (Å²) in [5, 5.41) is 2.94. The molecule has 0 aromatic heterocycles. The molecule has 3 aromatic carbocycles. The molecule has 2 heterocycles. The van der Waals surface area contributed by atoms with Crippen molar-refractivity contribution >= 4 is 27.5 Å². The minimum absolute atomic E-state index is 0.0949. The Morgan fingerprint density at radius 3 is 2.34 bits per heavy atom. The van der Waals surface area contributed by atoms with Gasteiger partial charge < -0.3 is 19.7 Å². The third kappa shape index (κ3) is 6.55. The van der Waals surface area contributed by atoms with Crippen molar-refractivity contribution in [2.75, 3.05) is 37.7 Å². The average molecular weight is 578 g/mol. The van der Waals surface area contributed by atoms with Gasteiger partial charge in [-0.25, -0.2) is 8.42 Å². The van der Waals surface area contributed by atoms with Crippen molar-refractivity contribution in [3.05, 3.63) is 84.4 Å². The summed E-state index contributed by atoms with van der Waals surface area (Å²) < 4.78 is 39.3. The van der Waals surface area contributed by atoms with Crippen molar-refractivity contribution in [2.24, 2.45) is 5.92 Å². The van der Waals surface area contributed by atoms with Gasteiger partial charge in [0.05, 0.1) is 23.7 Å². The molecule has 1 saturated heterocycles. The second-order valence-electron chi connectivity index (χ2n) is 10.1. The number of carbonyl (C=O) groups excluding carboxylic acids is 2.